The first-order valence-electron chi connectivity index (χ1n) is 9.29. The number of hydrogen-bond donors (Lipinski definition) is 2. The average molecular weight is 323 g/mol. The standard InChI is InChI=1S/C19H35N3O/c1-5-7-8-9-10-11-12-13-14-19-20-15-16-22(19,6-2)17(3)21-18(4)23/h10-11,15-17,19-20H,5-9,12-14H2,1-4H3/p+1/b11-10+. The van der Waals surface area contributed by atoms with E-state index >= 15 is 0 Å². The molecule has 0 bridgehead atoms. The zero-order valence-electron chi connectivity index (χ0n) is 15.5. The van der Waals surface area contributed by atoms with Gasteiger partial charge in [0.25, 0.3) is 0 Å². The van der Waals surface area contributed by atoms with Crippen molar-refractivity contribution in [2.45, 2.75) is 85.0 Å². The number of quaternary nitrogens is 1. The molecule has 23 heavy (non-hydrogen) atoms. The van der Waals surface area contributed by atoms with Crippen LogP contribution in [0.4, 0.5) is 0 Å². The van der Waals surface area contributed by atoms with Crippen LogP contribution in [0.1, 0.15) is 72.6 Å². The molecular formula is C19H36N3O+. The van der Waals surface area contributed by atoms with Gasteiger partial charge in [-0.2, -0.15) is 0 Å². The lowest BCUT2D eigenvalue weighted by molar-refractivity contribution is -0.923. The molecule has 1 aliphatic rings. The third-order valence-corrected chi connectivity index (χ3v) is 4.89. The summed E-state index contributed by atoms with van der Waals surface area (Å²) >= 11 is 0. The maximum Gasteiger partial charge on any atom is 0.221 e. The zero-order chi connectivity index (χ0) is 17.1. The van der Waals surface area contributed by atoms with Crippen LogP contribution in [0.25, 0.3) is 0 Å². The topological polar surface area (TPSA) is 41.1 Å². The number of unbranched alkanes of at least 4 members (excludes halogenated alkanes) is 4. The van der Waals surface area contributed by atoms with Crippen molar-refractivity contribution in [3.8, 4) is 0 Å². The molecule has 0 aromatic rings. The SMILES string of the molecule is CCCCC/C=C/CCCC1NC=C[N+]1(CC)C(C)NC(C)=O. The number of nitrogens with one attached hydrogen (secondary N) is 2. The second kappa shape index (κ2) is 10.5. The molecule has 3 unspecified atom stereocenters. The third kappa shape index (κ3) is 6.02. The summed E-state index contributed by atoms with van der Waals surface area (Å²) in [5.74, 6) is 0.0394. The van der Waals surface area contributed by atoms with Crippen LogP contribution in [0.3, 0.4) is 0 Å². The number of carbonyl (C=O) groups is 1. The molecule has 0 saturated carbocycles. The van der Waals surface area contributed by atoms with E-state index in [1.165, 1.54) is 32.1 Å². The number of amides is 1. The summed E-state index contributed by atoms with van der Waals surface area (Å²) in [6, 6.07) is 0. The predicted octanol–water partition coefficient (Wildman–Crippen LogP) is 4.01. The molecule has 1 heterocycles. The van der Waals surface area contributed by atoms with E-state index in [0.717, 1.165) is 23.9 Å². The second-order valence-electron chi connectivity index (χ2n) is 6.58. The minimum absolute atomic E-state index is 0.0394. The molecule has 3 atom stereocenters. The Morgan fingerprint density at radius 3 is 2.57 bits per heavy atom. The van der Waals surface area contributed by atoms with E-state index in [2.05, 4.69) is 49.8 Å². The van der Waals surface area contributed by atoms with Gasteiger partial charge in [-0.25, -0.2) is 0 Å². The van der Waals surface area contributed by atoms with Crippen LogP contribution in [0, 0.1) is 0 Å². The molecule has 2 N–H and O–H groups in total. The molecule has 0 radical (unpaired) electrons. The fourth-order valence-electron chi connectivity index (χ4n) is 3.45. The Hall–Kier alpha value is -1.29. The lowest BCUT2D eigenvalue weighted by Crippen LogP contribution is -2.62. The van der Waals surface area contributed by atoms with E-state index < -0.39 is 0 Å². The third-order valence-electron chi connectivity index (χ3n) is 4.89. The van der Waals surface area contributed by atoms with Crippen molar-refractivity contribution < 1.29 is 9.28 Å². The minimum Gasteiger partial charge on any atom is -0.338 e. The minimum atomic E-state index is 0.0394. The summed E-state index contributed by atoms with van der Waals surface area (Å²) in [5, 5.41) is 6.55. The van der Waals surface area contributed by atoms with Gasteiger partial charge in [0, 0.05) is 20.3 Å². The maximum absolute atomic E-state index is 11.4. The second-order valence-corrected chi connectivity index (χ2v) is 6.58. The summed E-state index contributed by atoms with van der Waals surface area (Å²) in [6.45, 7) is 9.10. The van der Waals surface area contributed by atoms with Gasteiger partial charge in [0.05, 0.1) is 12.7 Å². The van der Waals surface area contributed by atoms with Gasteiger partial charge < -0.3 is 10.6 Å². The largest absolute Gasteiger partial charge is 0.338 e. The van der Waals surface area contributed by atoms with Crippen LogP contribution in [0.5, 0.6) is 0 Å². The van der Waals surface area contributed by atoms with Crippen molar-refractivity contribution in [2.24, 2.45) is 0 Å². The Morgan fingerprint density at radius 2 is 1.96 bits per heavy atom. The number of allylic oxidation sites excluding steroid dienone is 2. The van der Waals surface area contributed by atoms with Crippen molar-refractivity contribution in [2.75, 3.05) is 6.54 Å². The quantitative estimate of drug-likeness (QED) is 0.343. The monoisotopic (exact) mass is 322 g/mol. The fourth-order valence-corrected chi connectivity index (χ4v) is 3.45. The highest BCUT2D eigenvalue weighted by Gasteiger charge is 2.41. The molecule has 0 aliphatic carbocycles. The van der Waals surface area contributed by atoms with E-state index in [1.54, 1.807) is 6.92 Å². The summed E-state index contributed by atoms with van der Waals surface area (Å²) in [5.41, 5.74) is 0. The summed E-state index contributed by atoms with van der Waals surface area (Å²) in [7, 11) is 0. The Kier molecular flexibility index (Phi) is 9.00. The van der Waals surface area contributed by atoms with Gasteiger partial charge in [-0.3, -0.25) is 9.28 Å². The van der Waals surface area contributed by atoms with Crippen LogP contribution in [0.15, 0.2) is 24.6 Å². The van der Waals surface area contributed by atoms with Crippen molar-refractivity contribution in [1.82, 2.24) is 10.6 Å². The molecule has 1 aliphatic heterocycles. The van der Waals surface area contributed by atoms with Crippen molar-refractivity contribution >= 4 is 5.91 Å². The van der Waals surface area contributed by atoms with Gasteiger partial charge in [0.2, 0.25) is 5.91 Å². The van der Waals surface area contributed by atoms with Crippen molar-refractivity contribution in [3.63, 3.8) is 0 Å². The van der Waals surface area contributed by atoms with Gasteiger partial charge in [0.1, 0.15) is 6.20 Å². The smallest absolute Gasteiger partial charge is 0.221 e. The van der Waals surface area contributed by atoms with Crippen LogP contribution in [0.2, 0.25) is 0 Å². The number of nitrogens with zero attached hydrogens (tertiary/aromatic N) is 1. The van der Waals surface area contributed by atoms with E-state index in [9.17, 15) is 4.79 Å². The van der Waals surface area contributed by atoms with Gasteiger partial charge in [0.15, 0.2) is 12.3 Å². The lowest BCUT2D eigenvalue weighted by atomic mass is 10.1. The maximum atomic E-state index is 11.4. The van der Waals surface area contributed by atoms with Crippen LogP contribution in [-0.2, 0) is 4.79 Å². The van der Waals surface area contributed by atoms with Gasteiger partial charge in [-0.15, -0.1) is 0 Å². The number of rotatable bonds is 11. The molecule has 0 aromatic carbocycles. The van der Waals surface area contributed by atoms with Crippen LogP contribution >= 0.6 is 0 Å². The lowest BCUT2D eigenvalue weighted by Gasteiger charge is -2.41. The summed E-state index contributed by atoms with van der Waals surface area (Å²) in [4.78, 5) is 11.4. The fraction of sp³-hybridized carbons (Fsp3) is 0.737. The first-order valence-corrected chi connectivity index (χ1v) is 9.29. The van der Waals surface area contributed by atoms with Gasteiger partial charge in [-0.1, -0.05) is 31.9 Å². The summed E-state index contributed by atoms with van der Waals surface area (Å²) < 4.78 is 0.791. The summed E-state index contributed by atoms with van der Waals surface area (Å²) in [6.07, 6.45) is 17.9. The van der Waals surface area contributed by atoms with Crippen LogP contribution in [-0.4, -0.2) is 29.3 Å². The highest BCUT2D eigenvalue weighted by atomic mass is 16.1. The predicted molar refractivity (Wildman–Crippen MR) is 97.3 cm³/mol. The van der Waals surface area contributed by atoms with Crippen molar-refractivity contribution in [1.29, 1.82) is 0 Å². The van der Waals surface area contributed by atoms with E-state index in [-0.39, 0.29) is 12.1 Å². The van der Waals surface area contributed by atoms with Gasteiger partial charge >= 0.3 is 0 Å². The zero-order valence-corrected chi connectivity index (χ0v) is 15.5. The molecule has 1 amide bonds. The molecule has 4 heteroatoms. The number of hydrogen-bond acceptors (Lipinski definition) is 2. The molecule has 0 aromatic heterocycles. The van der Waals surface area contributed by atoms with Gasteiger partial charge in [-0.05, 0) is 32.6 Å². The molecule has 0 saturated heterocycles. The molecule has 0 spiro atoms. The average Bonchev–Trinajstić information content (AvgIpc) is 2.93. The normalized spacial score (nSPS) is 24.8. The molecular weight excluding hydrogens is 286 g/mol. The van der Waals surface area contributed by atoms with E-state index in [1.807, 2.05) is 6.20 Å². The van der Waals surface area contributed by atoms with Crippen molar-refractivity contribution in [3.05, 3.63) is 24.6 Å². The van der Waals surface area contributed by atoms with E-state index in [0.29, 0.717) is 6.17 Å². The van der Waals surface area contributed by atoms with Crippen LogP contribution < -0.4 is 10.6 Å². The Morgan fingerprint density at radius 1 is 1.26 bits per heavy atom. The first-order chi connectivity index (χ1) is 11.1. The molecule has 4 nitrogen and oxygen atoms in total. The Bertz CT molecular complexity index is 405. The Labute approximate surface area is 142 Å². The molecule has 132 valence electrons. The van der Waals surface area contributed by atoms with E-state index in [4.69, 9.17) is 0 Å². The highest BCUT2D eigenvalue weighted by Crippen LogP contribution is 2.25. The first kappa shape index (κ1) is 19.8. The highest BCUT2D eigenvalue weighted by molar-refractivity contribution is 5.72. The molecule has 1 rings (SSSR count). The Balaban J connectivity index is 2.41. The number of carbonyl (C=O) groups excluding carboxylic acids is 1. The molecule has 0 fully saturated rings.